The Morgan fingerprint density at radius 1 is 1.43 bits per heavy atom. The minimum absolute atomic E-state index is 0.0422. The SMILES string of the molecule is Cc1cc2c(c(=O)n1O)[C@H](c1cccc(Br)c1)C(C#N)=C(N)O2. The molecule has 6 nitrogen and oxygen atoms in total. The standard InChI is InChI=1S/C16H12BrN3O3/c1-8-5-12-14(16(21)20(8)22)13(11(7-18)15(19)23-12)9-3-2-4-10(17)6-9/h2-6,13,22H,19H2,1H3/t13-/m1/s1. The summed E-state index contributed by atoms with van der Waals surface area (Å²) in [7, 11) is 0. The van der Waals surface area contributed by atoms with Gasteiger partial charge in [0.25, 0.3) is 5.56 Å². The molecule has 3 N–H and O–H groups in total. The summed E-state index contributed by atoms with van der Waals surface area (Å²) >= 11 is 3.38. The number of nitrogens with zero attached hydrogens (tertiary/aromatic N) is 2. The fourth-order valence-electron chi connectivity index (χ4n) is 2.66. The van der Waals surface area contributed by atoms with Crippen LogP contribution in [0.5, 0.6) is 5.75 Å². The van der Waals surface area contributed by atoms with Crippen molar-refractivity contribution in [2.75, 3.05) is 0 Å². The lowest BCUT2D eigenvalue weighted by Gasteiger charge is -2.26. The summed E-state index contributed by atoms with van der Waals surface area (Å²) in [6.45, 7) is 1.57. The summed E-state index contributed by atoms with van der Waals surface area (Å²) < 4.78 is 6.78. The minimum atomic E-state index is -0.701. The van der Waals surface area contributed by atoms with Gasteiger partial charge in [-0.1, -0.05) is 28.1 Å². The van der Waals surface area contributed by atoms with Crippen molar-refractivity contribution >= 4 is 15.9 Å². The molecule has 116 valence electrons. The minimum Gasteiger partial charge on any atom is -0.440 e. The number of rotatable bonds is 1. The van der Waals surface area contributed by atoms with Crippen LogP contribution in [-0.4, -0.2) is 9.94 Å². The number of allylic oxidation sites excluding steroid dienone is 1. The van der Waals surface area contributed by atoms with Gasteiger partial charge in [0.05, 0.1) is 17.2 Å². The third-order valence-corrected chi connectivity index (χ3v) is 4.22. The van der Waals surface area contributed by atoms with Crippen LogP contribution in [0.2, 0.25) is 0 Å². The Bertz CT molecular complexity index is 941. The normalized spacial score (nSPS) is 16.5. The highest BCUT2D eigenvalue weighted by molar-refractivity contribution is 9.10. The van der Waals surface area contributed by atoms with Crippen LogP contribution in [0.4, 0.5) is 0 Å². The van der Waals surface area contributed by atoms with Gasteiger partial charge in [0.2, 0.25) is 5.88 Å². The van der Waals surface area contributed by atoms with E-state index in [1.165, 1.54) is 6.07 Å². The molecular formula is C16H12BrN3O3. The van der Waals surface area contributed by atoms with Crippen LogP contribution in [0.25, 0.3) is 0 Å². The number of fused-ring (bicyclic) bond motifs is 1. The second kappa shape index (κ2) is 5.48. The van der Waals surface area contributed by atoms with Crippen molar-refractivity contribution in [3.05, 3.63) is 73.4 Å². The van der Waals surface area contributed by atoms with E-state index in [2.05, 4.69) is 15.9 Å². The summed E-state index contributed by atoms with van der Waals surface area (Å²) in [5.41, 5.74) is 6.56. The van der Waals surface area contributed by atoms with E-state index in [0.29, 0.717) is 16.0 Å². The van der Waals surface area contributed by atoms with E-state index in [4.69, 9.17) is 10.5 Å². The molecule has 0 radical (unpaired) electrons. The number of aromatic nitrogens is 1. The van der Waals surface area contributed by atoms with E-state index < -0.39 is 11.5 Å². The molecule has 0 amide bonds. The van der Waals surface area contributed by atoms with Crippen LogP contribution < -0.4 is 16.0 Å². The largest absolute Gasteiger partial charge is 0.440 e. The number of hydrogen-bond acceptors (Lipinski definition) is 5. The molecule has 1 aliphatic rings. The lowest BCUT2D eigenvalue weighted by Crippen LogP contribution is -2.31. The Morgan fingerprint density at radius 3 is 2.83 bits per heavy atom. The molecular weight excluding hydrogens is 362 g/mol. The monoisotopic (exact) mass is 373 g/mol. The molecule has 1 atom stereocenters. The highest BCUT2D eigenvalue weighted by Gasteiger charge is 2.34. The fraction of sp³-hybridized carbons (Fsp3) is 0.125. The zero-order valence-corrected chi connectivity index (χ0v) is 13.7. The van der Waals surface area contributed by atoms with Gasteiger partial charge in [0, 0.05) is 10.5 Å². The van der Waals surface area contributed by atoms with Crippen LogP contribution in [-0.2, 0) is 0 Å². The van der Waals surface area contributed by atoms with Crippen LogP contribution in [0.3, 0.4) is 0 Å². The summed E-state index contributed by atoms with van der Waals surface area (Å²) in [4.78, 5) is 12.5. The van der Waals surface area contributed by atoms with Crippen LogP contribution >= 0.6 is 15.9 Å². The van der Waals surface area contributed by atoms with Crippen LogP contribution in [0.1, 0.15) is 22.7 Å². The number of hydrogen-bond donors (Lipinski definition) is 2. The lowest BCUT2D eigenvalue weighted by molar-refractivity contribution is 0.165. The Balaban J connectivity index is 2.36. The molecule has 2 heterocycles. The van der Waals surface area contributed by atoms with Gasteiger partial charge in [-0.05, 0) is 24.6 Å². The second-order valence-electron chi connectivity index (χ2n) is 5.16. The van der Waals surface area contributed by atoms with Crippen molar-refractivity contribution in [2.45, 2.75) is 12.8 Å². The van der Waals surface area contributed by atoms with Gasteiger partial charge in [-0.25, -0.2) is 0 Å². The second-order valence-corrected chi connectivity index (χ2v) is 6.08. The molecule has 0 bridgehead atoms. The predicted molar refractivity (Wildman–Crippen MR) is 86.1 cm³/mol. The van der Waals surface area contributed by atoms with Crippen molar-refractivity contribution < 1.29 is 9.94 Å². The highest BCUT2D eigenvalue weighted by Crippen LogP contribution is 2.40. The molecule has 0 fully saturated rings. The zero-order valence-electron chi connectivity index (χ0n) is 12.1. The third kappa shape index (κ3) is 2.37. The molecule has 1 aromatic carbocycles. The van der Waals surface area contributed by atoms with Gasteiger partial charge in [-0.2, -0.15) is 9.99 Å². The van der Waals surface area contributed by atoms with Gasteiger partial charge in [0.15, 0.2) is 0 Å². The molecule has 3 rings (SSSR count). The molecule has 23 heavy (non-hydrogen) atoms. The number of benzene rings is 1. The van der Waals surface area contributed by atoms with Crippen molar-refractivity contribution in [3.8, 4) is 11.8 Å². The van der Waals surface area contributed by atoms with Crippen LogP contribution in [0, 0.1) is 18.3 Å². The molecule has 0 unspecified atom stereocenters. The first-order valence-electron chi connectivity index (χ1n) is 6.73. The van der Waals surface area contributed by atoms with E-state index in [-0.39, 0.29) is 22.8 Å². The first-order valence-corrected chi connectivity index (χ1v) is 7.52. The average molecular weight is 374 g/mol. The number of halogens is 1. The Hall–Kier alpha value is -2.72. The molecule has 2 aromatic rings. The predicted octanol–water partition coefficient (Wildman–Crippen LogP) is 2.37. The molecule has 1 aliphatic heterocycles. The smallest absolute Gasteiger partial charge is 0.291 e. The maximum absolute atomic E-state index is 12.5. The molecule has 7 heteroatoms. The number of ether oxygens (including phenoxy) is 1. The fourth-order valence-corrected chi connectivity index (χ4v) is 3.07. The Labute approximate surface area is 140 Å². The molecule has 0 saturated heterocycles. The van der Waals surface area contributed by atoms with Gasteiger partial charge >= 0.3 is 0 Å². The number of aryl methyl sites for hydroxylation is 1. The summed E-state index contributed by atoms with van der Waals surface area (Å²) in [5.74, 6) is -0.494. The highest BCUT2D eigenvalue weighted by atomic mass is 79.9. The number of nitrogens with two attached hydrogens (primary N) is 1. The Kier molecular flexibility index (Phi) is 3.62. The van der Waals surface area contributed by atoms with Crippen molar-refractivity contribution in [1.82, 2.24) is 4.73 Å². The first kappa shape index (κ1) is 15.2. The molecule has 1 aromatic heterocycles. The van der Waals surface area contributed by atoms with Gasteiger partial charge in [0.1, 0.15) is 17.4 Å². The van der Waals surface area contributed by atoms with Gasteiger partial charge in [-0.15, -0.1) is 0 Å². The number of nitriles is 1. The molecule has 0 saturated carbocycles. The van der Waals surface area contributed by atoms with Crippen LogP contribution in [0.15, 0.2) is 51.1 Å². The molecule has 0 aliphatic carbocycles. The topological polar surface area (TPSA) is 101 Å². The van der Waals surface area contributed by atoms with E-state index in [1.54, 1.807) is 25.1 Å². The molecule has 0 spiro atoms. The maximum Gasteiger partial charge on any atom is 0.291 e. The first-order chi connectivity index (χ1) is 10.9. The number of pyridine rings is 1. The third-order valence-electron chi connectivity index (χ3n) is 3.73. The summed E-state index contributed by atoms with van der Waals surface area (Å²) in [6, 6.07) is 10.7. The van der Waals surface area contributed by atoms with E-state index >= 15 is 0 Å². The van der Waals surface area contributed by atoms with Gasteiger partial charge < -0.3 is 15.7 Å². The van der Waals surface area contributed by atoms with Crippen molar-refractivity contribution in [1.29, 1.82) is 5.26 Å². The lowest BCUT2D eigenvalue weighted by atomic mass is 9.84. The van der Waals surface area contributed by atoms with E-state index in [1.807, 2.05) is 12.1 Å². The van der Waals surface area contributed by atoms with Crippen molar-refractivity contribution in [2.24, 2.45) is 5.73 Å². The summed E-state index contributed by atoms with van der Waals surface area (Å²) in [6.07, 6.45) is 0. The quantitative estimate of drug-likeness (QED) is 0.747. The van der Waals surface area contributed by atoms with E-state index in [9.17, 15) is 15.3 Å². The zero-order chi connectivity index (χ0) is 16.7. The Morgan fingerprint density at radius 2 is 2.17 bits per heavy atom. The summed E-state index contributed by atoms with van der Waals surface area (Å²) in [5, 5.41) is 19.4. The van der Waals surface area contributed by atoms with E-state index in [0.717, 1.165) is 4.47 Å². The van der Waals surface area contributed by atoms with Crippen molar-refractivity contribution in [3.63, 3.8) is 0 Å². The maximum atomic E-state index is 12.5. The average Bonchev–Trinajstić information content (AvgIpc) is 2.51. The van der Waals surface area contributed by atoms with Gasteiger partial charge in [-0.3, -0.25) is 4.79 Å².